The van der Waals surface area contributed by atoms with Crippen LogP contribution in [0.25, 0.3) is 0 Å². The van der Waals surface area contributed by atoms with Crippen LogP contribution >= 0.6 is 0 Å². The minimum atomic E-state index is -2.84. The quantitative estimate of drug-likeness (QED) is 0.0372. The van der Waals surface area contributed by atoms with Gasteiger partial charge in [0.2, 0.25) is 8.32 Å². The molecule has 436 valence electrons. The van der Waals surface area contributed by atoms with Gasteiger partial charge in [-0.3, -0.25) is 0 Å². The Morgan fingerprint density at radius 3 is 1.31 bits per heavy atom. The lowest BCUT2D eigenvalue weighted by Crippen LogP contribution is -2.63. The third-order valence-corrected chi connectivity index (χ3v) is 35.6. The third-order valence-electron chi connectivity index (χ3n) is 11.8. The summed E-state index contributed by atoms with van der Waals surface area (Å²) in [7, 11) is -14.3. The smallest absolute Gasteiger partial charge is 0.350 e. The molecule has 2 unspecified atom stereocenters. The minimum absolute atomic E-state index is 0. The van der Waals surface area contributed by atoms with Gasteiger partial charge in [-0.25, -0.2) is 14.4 Å². The van der Waals surface area contributed by atoms with Gasteiger partial charge < -0.3 is 40.2 Å². The van der Waals surface area contributed by atoms with Crippen molar-refractivity contribution in [2.24, 2.45) is 0 Å². The van der Waals surface area contributed by atoms with Gasteiger partial charge in [0.25, 0.3) is 0 Å². The van der Waals surface area contributed by atoms with Crippen LogP contribution in [0.4, 0.5) is 0 Å². The molecule has 19 heteroatoms. The average Bonchev–Trinajstić information content (AvgIpc) is 3.34. The molecule has 2 heterocycles. The molecule has 0 bridgehead atoms. The van der Waals surface area contributed by atoms with E-state index < -0.39 is 58.7 Å². The van der Waals surface area contributed by atoms with Crippen LogP contribution in [0.15, 0.2) is 97.1 Å². The van der Waals surface area contributed by atoms with Crippen LogP contribution < -0.4 is 10.4 Å². The molecular weight excluding hydrogens is 1060 g/mol. The van der Waals surface area contributed by atoms with Crippen molar-refractivity contribution in [2.45, 2.75) is 197 Å². The minimum Gasteiger partial charge on any atom is -0.462 e. The molecular formula is C56H112O12Si7. The predicted octanol–water partition coefficient (Wildman–Crippen LogP) is 14.5. The highest BCUT2D eigenvalue weighted by Crippen LogP contribution is 2.28. The Hall–Kier alpha value is -2.65. The number of rotatable bonds is 23. The summed E-state index contributed by atoms with van der Waals surface area (Å²) >= 11 is 0. The standard InChI is InChI=1S/C27H48O7Si4.C11H16OSi.C9H18O3Si.C6H14OSi.3CH4.2H2/c1-23(2)26(28)30-19-15-21-35(5,6)32-37(9,10)34-38(11,25-17-13-12-14-18-25)33-36(7,8)22-16-20-31-27(29)24(3)4;1-13(10-6-5-9-12-13)11-7-3-2-4-8-11;1-8(2)9(10)12-6-5-7-13(3,4)11;1-8(2)6-4-3-5-7-8;;;;;/h12-14,17-18H,1,3,15-16,19-22H2,2,4-11H3;2-4,7-8H,5-6,9-10H2,1H3;11H,1,5-7H2,2-4H3;3-6H2,1-2H3;3*1H4;2*1H/i;;;;;;;2*1+1D. The molecule has 4 rings (SSSR count). The van der Waals surface area contributed by atoms with Crippen LogP contribution in [0.1, 0.15) is 93.9 Å². The lowest BCUT2D eigenvalue weighted by molar-refractivity contribution is -0.139. The van der Waals surface area contributed by atoms with Gasteiger partial charge in [-0.2, -0.15) is 0 Å². The van der Waals surface area contributed by atoms with Crippen molar-refractivity contribution < 1.29 is 60.5 Å². The van der Waals surface area contributed by atoms with Crippen molar-refractivity contribution in [3.8, 4) is 0 Å². The number of carbonyl (C=O) groups excluding carboxylic acids is 3. The summed E-state index contributed by atoms with van der Waals surface area (Å²) in [5, 5.41) is 2.53. The highest BCUT2D eigenvalue weighted by atomic mass is 28.5. The molecule has 0 aromatic heterocycles. The van der Waals surface area contributed by atoms with Crippen molar-refractivity contribution >= 4 is 87.0 Å². The topological polar surface area (TPSA) is 145 Å². The van der Waals surface area contributed by atoms with Crippen LogP contribution in [0, 0.1) is 0 Å². The lowest BCUT2D eigenvalue weighted by Gasteiger charge is -2.42. The maximum atomic E-state index is 11.7. The first-order chi connectivity index (χ1) is 35.2. The van der Waals surface area contributed by atoms with E-state index in [4.69, 9.17) is 41.3 Å². The van der Waals surface area contributed by atoms with Crippen LogP contribution in [0.5, 0.6) is 0 Å². The number of hydrogen-bond acceptors (Lipinski definition) is 12. The molecule has 2 atom stereocenters. The molecule has 2 aliphatic heterocycles. The summed E-state index contributed by atoms with van der Waals surface area (Å²) in [4.78, 5) is 43.7. The van der Waals surface area contributed by atoms with E-state index in [0.717, 1.165) is 55.8 Å². The van der Waals surface area contributed by atoms with Crippen molar-refractivity contribution in [2.75, 3.05) is 33.0 Å². The van der Waals surface area contributed by atoms with E-state index in [1.54, 1.807) is 20.8 Å². The van der Waals surface area contributed by atoms with Gasteiger partial charge in [0.1, 0.15) is 0 Å². The first kappa shape index (κ1) is 72.3. The zero-order valence-corrected chi connectivity index (χ0v) is 54.4. The highest BCUT2D eigenvalue weighted by Gasteiger charge is 2.47. The molecule has 12 nitrogen and oxygen atoms in total. The Labute approximate surface area is 472 Å². The number of carbonyl (C=O) groups is 3. The fourth-order valence-electron chi connectivity index (χ4n) is 8.05. The molecule has 2 aromatic rings. The first-order valence-corrected chi connectivity index (χ1v) is 46.2. The first-order valence-electron chi connectivity index (χ1n) is 27.9. The Morgan fingerprint density at radius 1 is 0.573 bits per heavy atom. The largest absolute Gasteiger partial charge is 0.462 e. The van der Waals surface area contributed by atoms with Gasteiger partial charge in [-0.1, -0.05) is 116 Å². The van der Waals surface area contributed by atoms with Gasteiger partial charge in [-0.15, -0.1) is 0 Å². The van der Waals surface area contributed by atoms with Crippen molar-refractivity contribution in [1.82, 2.24) is 0 Å². The second-order valence-electron chi connectivity index (χ2n) is 22.4. The lowest BCUT2D eigenvalue weighted by atomic mass is 10.3. The van der Waals surface area contributed by atoms with Crippen molar-refractivity contribution in [3.05, 3.63) is 97.1 Å². The van der Waals surface area contributed by atoms with Crippen molar-refractivity contribution in [3.63, 3.8) is 0 Å². The maximum Gasteiger partial charge on any atom is 0.350 e. The molecule has 2 aliphatic rings. The predicted molar refractivity (Wildman–Crippen MR) is 338 cm³/mol. The average molecular weight is 1180 g/mol. The SMILES string of the molecule is C.C.C.C=C(C)C(=O)OCCC[Si](C)(C)O.C=C(C)C(=O)OCCC[Si](C)(C)O[Si](C)(C)O[Si](C)(O[Si](C)(C)CCCOC(=O)C(=C)C)c1ccccc1.C[Si]1(C)CCCCO1.C[Si]1(c2ccccc2)CCCCO1.[2H][2H].[2H][2H]. The van der Waals surface area contributed by atoms with Gasteiger partial charge in [0, 0.05) is 35.9 Å². The molecule has 75 heavy (non-hydrogen) atoms. The Bertz CT molecular complexity index is 1980. The zero-order valence-electron chi connectivity index (χ0n) is 51.4. The van der Waals surface area contributed by atoms with Gasteiger partial charge in [0.05, 0.1) is 19.8 Å². The summed E-state index contributed by atoms with van der Waals surface area (Å²) in [5.74, 6) is -1.06. The summed E-state index contributed by atoms with van der Waals surface area (Å²) < 4.78 is 67.7. The Morgan fingerprint density at radius 2 is 0.960 bits per heavy atom. The van der Waals surface area contributed by atoms with E-state index in [1.807, 2.05) is 31.3 Å². The fraction of sp³-hybridized carbons (Fsp3) is 0.625. The molecule has 1 N–H and O–H groups in total. The molecule has 0 spiro atoms. The van der Waals surface area contributed by atoms with Gasteiger partial charge >= 0.3 is 35.0 Å². The van der Waals surface area contributed by atoms with Crippen molar-refractivity contribution in [1.29, 1.82) is 0 Å². The third kappa shape index (κ3) is 34.8. The number of benzene rings is 2. The second kappa shape index (κ2) is 36.5. The maximum absolute atomic E-state index is 11.7. The van der Waals surface area contributed by atoms with Crippen LogP contribution in [-0.4, -0.2) is 114 Å². The van der Waals surface area contributed by atoms with E-state index in [1.165, 1.54) is 43.0 Å². The number of ether oxygens (including phenoxy) is 3. The number of esters is 3. The normalized spacial score (nSPS) is 17.1. The van der Waals surface area contributed by atoms with E-state index >= 15 is 0 Å². The highest BCUT2D eigenvalue weighted by molar-refractivity contribution is 6.95. The van der Waals surface area contributed by atoms with Gasteiger partial charge in [0.15, 0.2) is 33.3 Å². The zero-order chi connectivity index (χ0) is 58.9. The molecule has 0 saturated carbocycles. The van der Waals surface area contributed by atoms with Crippen LogP contribution in [0.3, 0.4) is 0 Å². The summed E-state index contributed by atoms with van der Waals surface area (Å²) in [6.07, 6.45) is 7.48. The second-order valence-corrected chi connectivity index (χ2v) is 50.4. The van der Waals surface area contributed by atoms with E-state index in [9.17, 15) is 19.2 Å². The Kier molecular flexibility index (Phi) is 35.2. The molecule has 2 saturated heterocycles. The summed E-state index contributed by atoms with van der Waals surface area (Å²) in [5.41, 5.74) is 1.23. The van der Waals surface area contributed by atoms with E-state index in [2.05, 4.69) is 128 Å². The molecule has 2 aromatic carbocycles. The van der Waals surface area contributed by atoms with Gasteiger partial charge in [-0.05, 0) is 172 Å². The van der Waals surface area contributed by atoms with Crippen LogP contribution in [-0.2, 0) is 49.8 Å². The Balaban J connectivity index is -0.000000360. The summed E-state index contributed by atoms with van der Waals surface area (Å²) in [6.45, 7) is 44.4. The van der Waals surface area contributed by atoms with E-state index in [-0.39, 0.29) is 40.2 Å². The fourth-order valence-corrected chi connectivity index (χ4v) is 32.9. The molecule has 0 amide bonds. The molecule has 0 radical (unpaired) electrons. The van der Waals surface area contributed by atoms with Crippen LogP contribution in [0.2, 0.25) is 109 Å². The molecule has 2 fully saturated rings. The molecule has 0 aliphatic carbocycles. The van der Waals surface area contributed by atoms with E-state index in [0.29, 0.717) is 36.5 Å². The number of hydrogen-bond donors (Lipinski definition) is 1. The summed E-state index contributed by atoms with van der Waals surface area (Å²) in [6, 6.07) is 26.0. The monoisotopic (exact) mass is 1180 g/mol.